The van der Waals surface area contributed by atoms with E-state index in [2.05, 4.69) is 10.1 Å². The molecule has 0 atom stereocenters. The third kappa shape index (κ3) is 5.36. The average Bonchev–Trinajstić information content (AvgIpc) is 3.11. The number of nitrogens with one attached hydrogen (secondary N) is 1. The zero-order valence-electron chi connectivity index (χ0n) is 12.9. The van der Waals surface area contributed by atoms with Crippen molar-refractivity contribution in [2.24, 2.45) is 0 Å². The first-order valence-electron chi connectivity index (χ1n) is 6.95. The van der Waals surface area contributed by atoms with E-state index in [1.165, 1.54) is 36.7 Å². The van der Waals surface area contributed by atoms with Crippen LogP contribution >= 0.6 is 11.3 Å². The number of hydrogen-bond donors (Lipinski definition) is 1. The summed E-state index contributed by atoms with van der Waals surface area (Å²) >= 11 is 1.49. The molecule has 1 N–H and O–H groups in total. The Bertz CT molecular complexity index is 735. The number of methoxy groups -OCH3 is 1. The van der Waals surface area contributed by atoms with Crippen molar-refractivity contribution in [2.75, 3.05) is 19.0 Å². The molecule has 24 heavy (non-hydrogen) atoms. The van der Waals surface area contributed by atoms with Crippen LogP contribution in [0.5, 0.6) is 0 Å². The standard InChI is InChI=1S/C17H15NO5S/c1-22-17(21)12-4-6-13(7-5-12)18-15(19)11-23-16(20)9-8-14-3-2-10-24-14/h2-10H,11H2,1H3,(H,18,19)/b9-8+. The van der Waals surface area contributed by atoms with E-state index >= 15 is 0 Å². The smallest absolute Gasteiger partial charge is 0.337 e. The van der Waals surface area contributed by atoms with E-state index in [1.54, 1.807) is 18.2 Å². The maximum absolute atomic E-state index is 11.7. The minimum atomic E-state index is -0.598. The normalized spacial score (nSPS) is 10.4. The predicted octanol–water partition coefficient (Wildman–Crippen LogP) is 2.73. The second-order valence-corrected chi connectivity index (χ2v) is 5.55. The fraction of sp³-hybridized carbons (Fsp3) is 0.118. The molecular weight excluding hydrogens is 330 g/mol. The van der Waals surface area contributed by atoms with Crippen LogP contribution in [0.3, 0.4) is 0 Å². The van der Waals surface area contributed by atoms with Gasteiger partial charge in [0.05, 0.1) is 12.7 Å². The fourth-order valence-corrected chi connectivity index (χ4v) is 2.34. The summed E-state index contributed by atoms with van der Waals surface area (Å²) in [4.78, 5) is 35.5. The highest BCUT2D eigenvalue weighted by atomic mass is 32.1. The van der Waals surface area contributed by atoms with E-state index < -0.39 is 24.5 Å². The Morgan fingerprint density at radius 1 is 1.17 bits per heavy atom. The summed E-state index contributed by atoms with van der Waals surface area (Å²) in [7, 11) is 1.29. The second-order valence-electron chi connectivity index (χ2n) is 4.57. The molecule has 6 nitrogen and oxygen atoms in total. The summed E-state index contributed by atoms with van der Waals surface area (Å²) in [6, 6.07) is 9.90. The van der Waals surface area contributed by atoms with Crippen LogP contribution < -0.4 is 5.32 Å². The molecule has 0 aliphatic rings. The van der Waals surface area contributed by atoms with Crippen LogP contribution in [0.15, 0.2) is 47.9 Å². The molecule has 2 rings (SSSR count). The minimum Gasteiger partial charge on any atom is -0.465 e. The van der Waals surface area contributed by atoms with Crippen LogP contribution in [0.2, 0.25) is 0 Å². The van der Waals surface area contributed by atoms with Gasteiger partial charge in [-0.05, 0) is 41.8 Å². The number of ether oxygens (including phenoxy) is 2. The topological polar surface area (TPSA) is 81.7 Å². The van der Waals surface area contributed by atoms with E-state index in [9.17, 15) is 14.4 Å². The highest BCUT2D eigenvalue weighted by Gasteiger charge is 2.08. The second kappa shape index (κ2) is 8.64. The Labute approximate surface area is 142 Å². The summed E-state index contributed by atoms with van der Waals surface area (Å²) in [6.07, 6.45) is 2.89. The number of anilines is 1. The van der Waals surface area contributed by atoms with Crippen LogP contribution in [-0.2, 0) is 19.1 Å². The first-order valence-corrected chi connectivity index (χ1v) is 7.83. The van der Waals surface area contributed by atoms with Gasteiger partial charge in [0.25, 0.3) is 5.91 Å². The lowest BCUT2D eigenvalue weighted by atomic mass is 10.2. The molecule has 2 aromatic rings. The van der Waals surface area contributed by atoms with Gasteiger partial charge >= 0.3 is 11.9 Å². The zero-order valence-corrected chi connectivity index (χ0v) is 13.7. The molecule has 1 aromatic heterocycles. The van der Waals surface area contributed by atoms with E-state index in [-0.39, 0.29) is 0 Å². The lowest BCUT2D eigenvalue weighted by Gasteiger charge is -2.06. The largest absolute Gasteiger partial charge is 0.465 e. The number of carbonyl (C=O) groups excluding carboxylic acids is 3. The van der Waals surface area contributed by atoms with E-state index in [0.29, 0.717) is 11.3 Å². The number of amides is 1. The Morgan fingerprint density at radius 2 is 1.92 bits per heavy atom. The molecule has 1 aromatic carbocycles. The number of benzene rings is 1. The maximum atomic E-state index is 11.7. The maximum Gasteiger partial charge on any atom is 0.337 e. The Balaban J connectivity index is 1.78. The monoisotopic (exact) mass is 345 g/mol. The van der Waals surface area contributed by atoms with Crippen molar-refractivity contribution in [3.63, 3.8) is 0 Å². The highest BCUT2D eigenvalue weighted by molar-refractivity contribution is 7.10. The Kier molecular flexibility index (Phi) is 6.27. The molecule has 0 radical (unpaired) electrons. The minimum absolute atomic E-state index is 0.376. The van der Waals surface area contributed by atoms with Gasteiger partial charge in [-0.15, -0.1) is 11.3 Å². The van der Waals surface area contributed by atoms with Crippen LogP contribution in [0.1, 0.15) is 15.2 Å². The third-order valence-electron chi connectivity index (χ3n) is 2.86. The summed E-state index contributed by atoms with van der Waals surface area (Å²) in [5.74, 6) is -1.53. The van der Waals surface area contributed by atoms with Gasteiger partial charge in [0.2, 0.25) is 0 Å². The average molecular weight is 345 g/mol. The first kappa shape index (κ1) is 17.4. The molecule has 1 heterocycles. The van der Waals surface area contributed by atoms with Gasteiger partial charge in [-0.3, -0.25) is 4.79 Å². The fourth-order valence-electron chi connectivity index (χ4n) is 1.73. The molecule has 0 aliphatic carbocycles. The lowest BCUT2D eigenvalue weighted by Crippen LogP contribution is -2.20. The molecule has 0 bridgehead atoms. The number of hydrogen-bond acceptors (Lipinski definition) is 6. The number of thiophene rings is 1. The number of esters is 2. The van der Waals surface area contributed by atoms with E-state index in [1.807, 2.05) is 17.5 Å². The van der Waals surface area contributed by atoms with E-state index in [4.69, 9.17) is 4.74 Å². The molecule has 0 aliphatic heterocycles. The van der Waals surface area contributed by atoms with Crippen LogP contribution in [0.25, 0.3) is 6.08 Å². The molecule has 0 saturated heterocycles. The van der Waals surface area contributed by atoms with E-state index in [0.717, 1.165) is 4.88 Å². The SMILES string of the molecule is COC(=O)c1ccc(NC(=O)COC(=O)/C=C/c2cccs2)cc1. The summed E-state index contributed by atoms with van der Waals surface area (Å²) in [5, 5.41) is 4.45. The lowest BCUT2D eigenvalue weighted by molar-refractivity contribution is -0.142. The van der Waals surface area contributed by atoms with Crippen molar-refractivity contribution in [3.05, 3.63) is 58.3 Å². The van der Waals surface area contributed by atoms with Crippen LogP contribution in [0, 0.1) is 0 Å². The summed E-state index contributed by atoms with van der Waals surface area (Å²) < 4.78 is 9.43. The van der Waals surface area contributed by atoms with Crippen molar-refractivity contribution < 1.29 is 23.9 Å². The quantitative estimate of drug-likeness (QED) is 0.643. The highest BCUT2D eigenvalue weighted by Crippen LogP contribution is 2.11. The van der Waals surface area contributed by atoms with Crippen LogP contribution in [0.4, 0.5) is 5.69 Å². The van der Waals surface area contributed by atoms with Gasteiger partial charge in [0.1, 0.15) is 0 Å². The number of carbonyl (C=O) groups is 3. The molecule has 124 valence electrons. The van der Waals surface area contributed by atoms with Crippen molar-refractivity contribution in [2.45, 2.75) is 0 Å². The summed E-state index contributed by atoms with van der Waals surface area (Å²) in [5.41, 5.74) is 0.860. The molecular formula is C17H15NO5S. The van der Waals surface area contributed by atoms with Crippen molar-refractivity contribution in [1.29, 1.82) is 0 Å². The summed E-state index contributed by atoms with van der Waals surface area (Å²) in [6.45, 7) is -0.396. The van der Waals surface area contributed by atoms with Gasteiger partial charge in [0.15, 0.2) is 6.61 Å². The Morgan fingerprint density at radius 3 is 2.54 bits per heavy atom. The molecule has 0 unspecified atom stereocenters. The first-order chi connectivity index (χ1) is 11.6. The van der Waals surface area contributed by atoms with Gasteiger partial charge in [-0.1, -0.05) is 6.07 Å². The van der Waals surface area contributed by atoms with Crippen molar-refractivity contribution in [3.8, 4) is 0 Å². The van der Waals surface area contributed by atoms with Gasteiger partial charge in [0, 0.05) is 16.6 Å². The number of rotatable bonds is 6. The molecule has 0 saturated carbocycles. The van der Waals surface area contributed by atoms with Gasteiger partial charge in [-0.25, -0.2) is 9.59 Å². The molecule has 1 amide bonds. The van der Waals surface area contributed by atoms with Crippen molar-refractivity contribution >= 4 is 40.9 Å². The van der Waals surface area contributed by atoms with Gasteiger partial charge < -0.3 is 14.8 Å². The zero-order chi connectivity index (χ0) is 17.4. The molecule has 0 fully saturated rings. The molecule has 7 heteroatoms. The Hall–Kier alpha value is -2.93. The van der Waals surface area contributed by atoms with Gasteiger partial charge in [-0.2, -0.15) is 0 Å². The predicted molar refractivity (Wildman–Crippen MR) is 90.7 cm³/mol. The van der Waals surface area contributed by atoms with Crippen LogP contribution in [-0.4, -0.2) is 31.6 Å². The third-order valence-corrected chi connectivity index (χ3v) is 3.70. The van der Waals surface area contributed by atoms with Crippen molar-refractivity contribution in [1.82, 2.24) is 0 Å². The molecule has 0 spiro atoms.